The van der Waals surface area contributed by atoms with E-state index in [1.165, 1.54) is 12.5 Å². The average molecular weight is 291 g/mol. The lowest BCUT2D eigenvalue weighted by Gasteiger charge is -2.36. The molecule has 20 heavy (non-hydrogen) atoms. The number of piperazine rings is 1. The zero-order chi connectivity index (χ0) is 13.9. The Morgan fingerprint density at radius 1 is 1.10 bits per heavy atom. The molecule has 0 aliphatic carbocycles. The van der Waals surface area contributed by atoms with Gasteiger partial charge in [-0.05, 0) is 18.2 Å². The van der Waals surface area contributed by atoms with E-state index in [2.05, 4.69) is 4.90 Å². The lowest BCUT2D eigenvalue weighted by molar-refractivity contribution is 0.0746. The topological polar surface area (TPSA) is 36.7 Å². The lowest BCUT2D eigenvalue weighted by Crippen LogP contribution is -2.48. The highest BCUT2D eigenvalue weighted by Gasteiger charge is 2.23. The van der Waals surface area contributed by atoms with Gasteiger partial charge in [-0.1, -0.05) is 23.7 Å². The number of halogens is 1. The summed E-state index contributed by atoms with van der Waals surface area (Å²) in [5, 5.41) is 0.752. The third-order valence-electron chi connectivity index (χ3n) is 3.53. The van der Waals surface area contributed by atoms with Crippen molar-refractivity contribution in [2.45, 2.75) is 0 Å². The van der Waals surface area contributed by atoms with Crippen LogP contribution in [0.4, 0.5) is 5.69 Å². The first-order chi connectivity index (χ1) is 9.75. The van der Waals surface area contributed by atoms with E-state index in [1.54, 1.807) is 6.07 Å². The number of hydrogen-bond donors (Lipinski definition) is 0. The monoisotopic (exact) mass is 290 g/mol. The number of anilines is 1. The summed E-state index contributed by atoms with van der Waals surface area (Å²) in [6.45, 7) is 2.95. The first kappa shape index (κ1) is 13.1. The quantitative estimate of drug-likeness (QED) is 0.853. The van der Waals surface area contributed by atoms with Crippen molar-refractivity contribution in [2.75, 3.05) is 31.1 Å². The molecule has 2 heterocycles. The zero-order valence-electron chi connectivity index (χ0n) is 11.0. The first-order valence-electron chi connectivity index (χ1n) is 6.56. The molecule has 1 aromatic heterocycles. The van der Waals surface area contributed by atoms with Crippen molar-refractivity contribution >= 4 is 23.2 Å². The van der Waals surface area contributed by atoms with Gasteiger partial charge >= 0.3 is 0 Å². The van der Waals surface area contributed by atoms with Crippen molar-refractivity contribution in [1.29, 1.82) is 0 Å². The Bertz CT molecular complexity index is 590. The minimum atomic E-state index is 0.0255. The van der Waals surface area contributed by atoms with E-state index < -0.39 is 0 Å². The van der Waals surface area contributed by atoms with Gasteiger partial charge in [-0.3, -0.25) is 4.79 Å². The van der Waals surface area contributed by atoms with Gasteiger partial charge in [-0.25, -0.2) is 0 Å². The van der Waals surface area contributed by atoms with E-state index in [0.29, 0.717) is 18.7 Å². The van der Waals surface area contributed by atoms with Crippen molar-refractivity contribution in [3.63, 3.8) is 0 Å². The Balaban J connectivity index is 1.65. The number of rotatable bonds is 2. The molecule has 0 atom stereocenters. The van der Waals surface area contributed by atoms with Crippen LogP contribution in [0.1, 0.15) is 10.4 Å². The molecule has 2 aromatic rings. The van der Waals surface area contributed by atoms with Crippen LogP contribution in [-0.2, 0) is 0 Å². The zero-order valence-corrected chi connectivity index (χ0v) is 11.7. The molecule has 0 spiro atoms. The third kappa shape index (κ3) is 2.51. The van der Waals surface area contributed by atoms with Crippen LogP contribution in [0.25, 0.3) is 0 Å². The van der Waals surface area contributed by atoms with Gasteiger partial charge in [0.2, 0.25) is 0 Å². The Morgan fingerprint density at radius 2 is 1.85 bits per heavy atom. The maximum atomic E-state index is 12.2. The first-order valence-corrected chi connectivity index (χ1v) is 6.94. The predicted octanol–water partition coefficient (Wildman–Crippen LogP) is 2.90. The molecule has 1 fully saturated rings. The predicted molar refractivity (Wildman–Crippen MR) is 78.3 cm³/mol. The largest absolute Gasteiger partial charge is 0.472 e. The van der Waals surface area contributed by atoms with Crippen LogP contribution in [0.3, 0.4) is 0 Å². The molecule has 0 unspecified atom stereocenters. The van der Waals surface area contributed by atoms with Crippen LogP contribution in [0, 0.1) is 0 Å². The summed E-state index contributed by atoms with van der Waals surface area (Å²) in [6.07, 6.45) is 3.01. The summed E-state index contributed by atoms with van der Waals surface area (Å²) in [7, 11) is 0. The van der Waals surface area contributed by atoms with Gasteiger partial charge < -0.3 is 14.2 Å². The highest BCUT2D eigenvalue weighted by atomic mass is 35.5. The van der Waals surface area contributed by atoms with E-state index in [9.17, 15) is 4.79 Å². The van der Waals surface area contributed by atoms with Crippen molar-refractivity contribution in [2.24, 2.45) is 0 Å². The van der Waals surface area contributed by atoms with Gasteiger partial charge in [0.1, 0.15) is 6.26 Å². The number of furan rings is 1. The lowest BCUT2D eigenvalue weighted by atomic mass is 10.2. The average Bonchev–Trinajstić information content (AvgIpc) is 3.01. The summed E-state index contributed by atoms with van der Waals surface area (Å²) in [4.78, 5) is 16.2. The van der Waals surface area contributed by atoms with Crippen LogP contribution >= 0.6 is 11.6 Å². The van der Waals surface area contributed by atoms with Gasteiger partial charge in [0.15, 0.2) is 0 Å². The normalized spacial score (nSPS) is 15.4. The summed E-state index contributed by atoms with van der Waals surface area (Å²) in [5.74, 6) is 0.0255. The van der Waals surface area contributed by atoms with Crippen molar-refractivity contribution in [3.8, 4) is 0 Å². The van der Waals surface area contributed by atoms with Crippen LogP contribution < -0.4 is 4.90 Å². The highest BCUT2D eigenvalue weighted by molar-refractivity contribution is 6.33. The maximum absolute atomic E-state index is 12.2. The van der Waals surface area contributed by atoms with E-state index in [0.717, 1.165) is 23.8 Å². The number of carbonyl (C=O) groups excluding carboxylic acids is 1. The minimum absolute atomic E-state index is 0.0255. The fourth-order valence-corrected chi connectivity index (χ4v) is 2.68. The van der Waals surface area contributed by atoms with E-state index in [4.69, 9.17) is 16.0 Å². The molecule has 1 aliphatic rings. The maximum Gasteiger partial charge on any atom is 0.257 e. The third-order valence-corrected chi connectivity index (χ3v) is 3.85. The van der Waals surface area contributed by atoms with Gasteiger partial charge in [0.05, 0.1) is 22.5 Å². The van der Waals surface area contributed by atoms with Gasteiger partial charge in [0.25, 0.3) is 5.91 Å². The second-order valence-electron chi connectivity index (χ2n) is 4.74. The smallest absolute Gasteiger partial charge is 0.257 e. The fourth-order valence-electron chi connectivity index (χ4n) is 2.43. The molecule has 1 amide bonds. The molecule has 1 aliphatic heterocycles. The molecule has 4 nitrogen and oxygen atoms in total. The van der Waals surface area contributed by atoms with Gasteiger partial charge in [-0.2, -0.15) is 0 Å². The molecular formula is C15H15ClN2O2. The number of para-hydroxylation sites is 1. The van der Waals surface area contributed by atoms with Crippen LogP contribution in [0.15, 0.2) is 47.3 Å². The molecule has 3 rings (SSSR count). The van der Waals surface area contributed by atoms with Crippen LogP contribution in [-0.4, -0.2) is 37.0 Å². The summed E-state index contributed by atoms with van der Waals surface area (Å²) < 4.78 is 4.96. The van der Waals surface area contributed by atoms with Gasteiger partial charge in [0, 0.05) is 26.2 Å². The van der Waals surface area contributed by atoms with Crippen molar-refractivity contribution < 1.29 is 9.21 Å². The minimum Gasteiger partial charge on any atom is -0.472 e. The number of benzene rings is 1. The number of carbonyl (C=O) groups is 1. The Kier molecular flexibility index (Phi) is 3.65. The highest BCUT2D eigenvalue weighted by Crippen LogP contribution is 2.26. The molecule has 5 heteroatoms. The van der Waals surface area contributed by atoms with Crippen LogP contribution in [0.5, 0.6) is 0 Å². The van der Waals surface area contributed by atoms with E-state index >= 15 is 0 Å². The summed E-state index contributed by atoms with van der Waals surface area (Å²) >= 11 is 6.20. The van der Waals surface area contributed by atoms with Crippen LogP contribution in [0.2, 0.25) is 5.02 Å². The Morgan fingerprint density at radius 3 is 2.50 bits per heavy atom. The molecule has 104 valence electrons. The Labute approximate surface area is 122 Å². The summed E-state index contributed by atoms with van der Waals surface area (Å²) in [5.41, 5.74) is 1.64. The van der Waals surface area contributed by atoms with Crippen molar-refractivity contribution in [3.05, 3.63) is 53.4 Å². The number of amides is 1. The Hall–Kier alpha value is -1.94. The molecule has 0 bridgehead atoms. The molecule has 0 saturated carbocycles. The SMILES string of the molecule is O=C(c1ccoc1)N1CCN(c2ccccc2Cl)CC1. The number of hydrogen-bond acceptors (Lipinski definition) is 3. The second-order valence-corrected chi connectivity index (χ2v) is 5.15. The van der Waals surface area contributed by atoms with E-state index in [-0.39, 0.29) is 5.91 Å². The second kappa shape index (κ2) is 5.59. The molecule has 0 radical (unpaired) electrons. The standard InChI is InChI=1S/C15H15ClN2O2/c16-13-3-1-2-4-14(13)17-6-8-18(9-7-17)15(19)12-5-10-20-11-12/h1-5,10-11H,6-9H2. The number of nitrogens with zero attached hydrogens (tertiary/aromatic N) is 2. The molecular weight excluding hydrogens is 276 g/mol. The molecule has 1 saturated heterocycles. The fraction of sp³-hybridized carbons (Fsp3) is 0.267. The summed E-state index contributed by atoms with van der Waals surface area (Å²) in [6, 6.07) is 9.49. The molecule has 1 aromatic carbocycles. The van der Waals surface area contributed by atoms with Gasteiger partial charge in [-0.15, -0.1) is 0 Å². The van der Waals surface area contributed by atoms with Crippen molar-refractivity contribution in [1.82, 2.24) is 4.90 Å². The molecule has 0 N–H and O–H groups in total. The van der Waals surface area contributed by atoms with E-state index in [1.807, 2.05) is 29.2 Å².